The molecule has 1 atom stereocenters. The molecule has 138 valence electrons. The normalized spacial score (nSPS) is 16.9. The van der Waals surface area contributed by atoms with Gasteiger partial charge in [-0.15, -0.1) is 0 Å². The Kier molecular flexibility index (Phi) is 4.94. The lowest BCUT2D eigenvalue weighted by atomic mass is 10.1. The third-order valence-electron chi connectivity index (χ3n) is 4.97. The van der Waals surface area contributed by atoms with Crippen LogP contribution in [0, 0.1) is 0 Å². The molecule has 0 saturated carbocycles. The van der Waals surface area contributed by atoms with Crippen LogP contribution >= 0.6 is 11.6 Å². The lowest BCUT2D eigenvalue weighted by Crippen LogP contribution is -2.27. The maximum Gasteiger partial charge on any atom is 0.249 e. The minimum absolute atomic E-state index is 0.0759. The molecule has 4 rings (SSSR count). The zero-order chi connectivity index (χ0) is 18.8. The highest BCUT2D eigenvalue weighted by Crippen LogP contribution is 2.35. The summed E-state index contributed by atoms with van der Waals surface area (Å²) in [6.45, 7) is 2.55. The van der Waals surface area contributed by atoms with Crippen molar-refractivity contribution in [1.82, 2.24) is 15.0 Å². The first-order chi connectivity index (χ1) is 13.2. The smallest absolute Gasteiger partial charge is 0.249 e. The Morgan fingerprint density at radius 3 is 2.70 bits per heavy atom. The van der Waals surface area contributed by atoms with Crippen molar-refractivity contribution in [2.75, 3.05) is 0 Å². The molecule has 0 bridgehead atoms. The van der Waals surface area contributed by atoms with Gasteiger partial charge in [-0.2, -0.15) is 4.98 Å². The Morgan fingerprint density at radius 1 is 1.19 bits per heavy atom. The van der Waals surface area contributed by atoms with Gasteiger partial charge in [0.05, 0.1) is 0 Å². The second kappa shape index (κ2) is 7.53. The molecule has 6 heteroatoms. The third-order valence-corrected chi connectivity index (χ3v) is 5.34. The zero-order valence-electron chi connectivity index (χ0n) is 15.1. The number of carbonyl (C=O) groups excluding carboxylic acids is 1. The molecule has 0 radical (unpaired) electrons. The van der Waals surface area contributed by atoms with Crippen LogP contribution in [-0.2, 0) is 17.8 Å². The van der Waals surface area contributed by atoms with Crippen molar-refractivity contribution >= 4 is 17.5 Å². The maximum atomic E-state index is 12.4. The van der Waals surface area contributed by atoms with E-state index in [1.54, 1.807) is 4.90 Å². The number of amides is 1. The van der Waals surface area contributed by atoms with Crippen LogP contribution in [-0.4, -0.2) is 20.9 Å². The molecule has 1 aromatic heterocycles. The Bertz CT molecular complexity index is 952. The second-order valence-corrected chi connectivity index (χ2v) is 7.08. The van der Waals surface area contributed by atoms with E-state index in [1.165, 1.54) is 5.56 Å². The van der Waals surface area contributed by atoms with Crippen molar-refractivity contribution in [3.63, 3.8) is 0 Å². The molecule has 1 amide bonds. The van der Waals surface area contributed by atoms with E-state index < -0.39 is 0 Å². The number of halogens is 1. The van der Waals surface area contributed by atoms with E-state index in [1.807, 2.05) is 36.4 Å². The highest BCUT2D eigenvalue weighted by Gasteiger charge is 2.36. The first-order valence-electron chi connectivity index (χ1n) is 9.11. The van der Waals surface area contributed by atoms with Crippen molar-refractivity contribution in [1.29, 1.82) is 0 Å². The molecule has 1 aliphatic rings. The van der Waals surface area contributed by atoms with Gasteiger partial charge in [0.2, 0.25) is 17.6 Å². The van der Waals surface area contributed by atoms with E-state index in [4.69, 9.17) is 16.1 Å². The van der Waals surface area contributed by atoms with Crippen LogP contribution in [0.2, 0.25) is 5.02 Å². The van der Waals surface area contributed by atoms with E-state index in [0.717, 1.165) is 17.5 Å². The van der Waals surface area contributed by atoms with Crippen LogP contribution < -0.4 is 0 Å². The average molecular weight is 382 g/mol. The monoisotopic (exact) mass is 381 g/mol. The summed E-state index contributed by atoms with van der Waals surface area (Å²) in [6.07, 6.45) is 2.12. The van der Waals surface area contributed by atoms with E-state index in [9.17, 15) is 4.79 Å². The van der Waals surface area contributed by atoms with Gasteiger partial charge >= 0.3 is 0 Å². The highest BCUT2D eigenvalue weighted by atomic mass is 35.5. The molecule has 1 unspecified atom stereocenters. The predicted molar refractivity (Wildman–Crippen MR) is 103 cm³/mol. The summed E-state index contributed by atoms with van der Waals surface area (Å²) in [7, 11) is 0. The summed E-state index contributed by atoms with van der Waals surface area (Å²) in [4.78, 5) is 18.8. The van der Waals surface area contributed by atoms with Gasteiger partial charge in [0.25, 0.3) is 0 Å². The topological polar surface area (TPSA) is 59.2 Å². The third kappa shape index (κ3) is 3.60. The summed E-state index contributed by atoms with van der Waals surface area (Å²) in [5.41, 5.74) is 3.08. The fourth-order valence-electron chi connectivity index (χ4n) is 3.38. The molecule has 0 spiro atoms. The molecule has 1 saturated heterocycles. The zero-order valence-corrected chi connectivity index (χ0v) is 15.8. The quantitative estimate of drug-likeness (QED) is 0.636. The fraction of sp³-hybridized carbons (Fsp3) is 0.286. The SMILES string of the molecule is CCc1ccc(-c2noc(C3CCC(=O)N3Cc3ccccc3Cl)n2)cc1. The van der Waals surface area contributed by atoms with E-state index in [-0.39, 0.29) is 11.9 Å². The molecule has 3 aromatic rings. The van der Waals surface area contributed by atoms with Crippen LogP contribution in [0.1, 0.15) is 42.8 Å². The van der Waals surface area contributed by atoms with Gasteiger partial charge in [-0.3, -0.25) is 4.79 Å². The number of rotatable bonds is 5. The molecule has 1 aliphatic heterocycles. The van der Waals surface area contributed by atoms with Gasteiger partial charge in [0.1, 0.15) is 6.04 Å². The van der Waals surface area contributed by atoms with Crippen molar-refractivity contribution in [3.05, 3.63) is 70.6 Å². The Labute approximate surface area is 163 Å². The number of aromatic nitrogens is 2. The van der Waals surface area contributed by atoms with Crippen LogP contribution in [0.25, 0.3) is 11.4 Å². The van der Waals surface area contributed by atoms with Crippen LogP contribution in [0.4, 0.5) is 0 Å². The Morgan fingerprint density at radius 2 is 1.96 bits per heavy atom. The van der Waals surface area contributed by atoms with Crippen LogP contribution in [0.15, 0.2) is 53.1 Å². The second-order valence-electron chi connectivity index (χ2n) is 6.67. The van der Waals surface area contributed by atoms with Crippen molar-refractivity contribution in [2.45, 2.75) is 38.8 Å². The Hall–Kier alpha value is -2.66. The van der Waals surface area contributed by atoms with Gasteiger partial charge in [-0.1, -0.05) is 66.1 Å². The average Bonchev–Trinajstić information content (AvgIpc) is 3.31. The van der Waals surface area contributed by atoms with Gasteiger partial charge in [-0.05, 0) is 30.0 Å². The standard InChI is InChI=1S/C21H20ClN3O2/c1-2-14-7-9-15(10-8-14)20-23-21(27-24-20)18-11-12-19(26)25(18)13-16-5-3-4-6-17(16)22/h3-10,18H,2,11-13H2,1H3. The first-order valence-corrected chi connectivity index (χ1v) is 9.49. The number of likely N-dealkylation sites (tertiary alicyclic amines) is 1. The molecule has 0 N–H and O–H groups in total. The molecule has 2 heterocycles. The Balaban J connectivity index is 1.57. The lowest BCUT2D eigenvalue weighted by molar-refractivity contribution is -0.129. The maximum absolute atomic E-state index is 12.4. The lowest BCUT2D eigenvalue weighted by Gasteiger charge is -2.22. The summed E-state index contributed by atoms with van der Waals surface area (Å²) < 4.78 is 5.52. The summed E-state index contributed by atoms with van der Waals surface area (Å²) in [5.74, 6) is 1.10. The largest absolute Gasteiger partial charge is 0.337 e. The number of benzene rings is 2. The minimum Gasteiger partial charge on any atom is -0.337 e. The fourth-order valence-corrected chi connectivity index (χ4v) is 3.57. The van der Waals surface area contributed by atoms with Crippen molar-refractivity contribution in [2.24, 2.45) is 0 Å². The number of aryl methyl sites for hydroxylation is 1. The predicted octanol–water partition coefficient (Wildman–Crippen LogP) is 4.82. The highest BCUT2D eigenvalue weighted by molar-refractivity contribution is 6.31. The molecular formula is C21H20ClN3O2. The van der Waals surface area contributed by atoms with Crippen LogP contribution in [0.5, 0.6) is 0 Å². The van der Waals surface area contributed by atoms with Gasteiger partial charge in [0, 0.05) is 23.6 Å². The first kappa shape index (κ1) is 17.7. The van der Waals surface area contributed by atoms with E-state index in [2.05, 4.69) is 29.2 Å². The van der Waals surface area contributed by atoms with Crippen molar-refractivity contribution < 1.29 is 9.32 Å². The number of carbonyl (C=O) groups is 1. The van der Waals surface area contributed by atoms with Gasteiger partial charge in [0.15, 0.2) is 0 Å². The summed E-state index contributed by atoms with van der Waals surface area (Å²) >= 11 is 6.26. The molecule has 2 aromatic carbocycles. The summed E-state index contributed by atoms with van der Waals surface area (Å²) in [6, 6.07) is 15.5. The van der Waals surface area contributed by atoms with E-state index >= 15 is 0 Å². The molecule has 1 fully saturated rings. The minimum atomic E-state index is -0.218. The molecule has 5 nitrogen and oxygen atoms in total. The van der Waals surface area contributed by atoms with E-state index in [0.29, 0.717) is 36.1 Å². The number of hydrogen-bond donors (Lipinski definition) is 0. The molecule has 27 heavy (non-hydrogen) atoms. The molecule has 0 aliphatic carbocycles. The van der Waals surface area contributed by atoms with Crippen molar-refractivity contribution in [3.8, 4) is 11.4 Å². The summed E-state index contributed by atoms with van der Waals surface area (Å²) in [5, 5.41) is 4.77. The number of hydrogen-bond acceptors (Lipinski definition) is 4. The van der Waals surface area contributed by atoms with Gasteiger partial charge in [-0.25, -0.2) is 0 Å². The van der Waals surface area contributed by atoms with Gasteiger partial charge < -0.3 is 9.42 Å². The van der Waals surface area contributed by atoms with Crippen LogP contribution in [0.3, 0.4) is 0 Å². The molecular weight excluding hydrogens is 362 g/mol. The number of nitrogens with zero attached hydrogens (tertiary/aromatic N) is 3.